The van der Waals surface area contributed by atoms with Crippen molar-refractivity contribution in [3.8, 4) is 0 Å². The lowest BCUT2D eigenvalue weighted by Crippen LogP contribution is -2.30. The van der Waals surface area contributed by atoms with Crippen molar-refractivity contribution in [2.75, 3.05) is 19.3 Å². The molecule has 0 saturated carbocycles. The fourth-order valence-corrected chi connectivity index (χ4v) is 2.21. The van der Waals surface area contributed by atoms with Crippen LogP contribution in [0, 0.1) is 0 Å². The van der Waals surface area contributed by atoms with E-state index < -0.39 is 10.1 Å². The van der Waals surface area contributed by atoms with Gasteiger partial charge in [0.15, 0.2) is 0 Å². The van der Waals surface area contributed by atoms with Crippen molar-refractivity contribution < 1.29 is 13.0 Å². The highest BCUT2D eigenvalue weighted by Crippen LogP contribution is 2.21. The SMILES string of the molecule is CCCCN1CCCC1CCC.CS(=O)(=O)O. The monoisotopic (exact) mass is 265 g/mol. The van der Waals surface area contributed by atoms with Gasteiger partial charge in [-0.25, -0.2) is 0 Å². The van der Waals surface area contributed by atoms with Gasteiger partial charge < -0.3 is 4.90 Å². The van der Waals surface area contributed by atoms with Crippen molar-refractivity contribution in [2.45, 2.75) is 58.4 Å². The minimum Gasteiger partial charge on any atom is -0.300 e. The maximum Gasteiger partial charge on any atom is 0.261 e. The summed E-state index contributed by atoms with van der Waals surface area (Å²) in [4.78, 5) is 2.70. The van der Waals surface area contributed by atoms with Crippen LogP contribution in [0.3, 0.4) is 0 Å². The fourth-order valence-electron chi connectivity index (χ4n) is 2.21. The van der Waals surface area contributed by atoms with Crippen molar-refractivity contribution in [2.24, 2.45) is 0 Å². The highest BCUT2D eigenvalue weighted by molar-refractivity contribution is 7.85. The third kappa shape index (κ3) is 10.7. The third-order valence-corrected chi connectivity index (χ3v) is 2.92. The van der Waals surface area contributed by atoms with Gasteiger partial charge >= 0.3 is 0 Å². The Morgan fingerprint density at radius 2 is 1.88 bits per heavy atom. The van der Waals surface area contributed by atoms with Crippen molar-refractivity contribution in [1.29, 1.82) is 0 Å². The Kier molecular flexibility index (Phi) is 8.82. The molecule has 4 nitrogen and oxygen atoms in total. The van der Waals surface area contributed by atoms with Crippen LogP contribution in [0.25, 0.3) is 0 Å². The van der Waals surface area contributed by atoms with Crippen LogP contribution in [0.2, 0.25) is 0 Å². The summed E-state index contributed by atoms with van der Waals surface area (Å²) in [5, 5.41) is 0. The van der Waals surface area contributed by atoms with Crippen molar-refractivity contribution in [1.82, 2.24) is 4.90 Å². The van der Waals surface area contributed by atoms with Crippen LogP contribution >= 0.6 is 0 Å². The van der Waals surface area contributed by atoms with Gasteiger partial charge in [0.2, 0.25) is 0 Å². The van der Waals surface area contributed by atoms with Gasteiger partial charge in [0.05, 0.1) is 6.26 Å². The van der Waals surface area contributed by atoms with Crippen molar-refractivity contribution in [3.63, 3.8) is 0 Å². The molecule has 0 radical (unpaired) electrons. The first-order chi connectivity index (χ1) is 7.88. The largest absolute Gasteiger partial charge is 0.300 e. The molecule has 1 heterocycles. The zero-order valence-electron chi connectivity index (χ0n) is 11.4. The molecule has 17 heavy (non-hydrogen) atoms. The molecule has 1 unspecified atom stereocenters. The first kappa shape index (κ1) is 16.9. The molecule has 0 aliphatic carbocycles. The summed E-state index contributed by atoms with van der Waals surface area (Å²) in [6.07, 6.45) is 9.12. The molecule has 1 fully saturated rings. The number of hydrogen-bond acceptors (Lipinski definition) is 3. The Morgan fingerprint density at radius 3 is 2.35 bits per heavy atom. The maximum absolute atomic E-state index is 9.19. The zero-order chi connectivity index (χ0) is 13.3. The van der Waals surface area contributed by atoms with E-state index in [0.29, 0.717) is 6.26 Å². The van der Waals surface area contributed by atoms with E-state index in [1.165, 1.54) is 51.6 Å². The standard InChI is InChI=1S/C11H23N.CH4O3S/c1-3-5-9-12-10-6-8-11(12)7-4-2;1-5(2,3)4/h11H,3-10H2,1-2H3;1H3,(H,2,3,4). The van der Waals surface area contributed by atoms with E-state index >= 15 is 0 Å². The second-order valence-electron chi connectivity index (χ2n) is 4.71. The van der Waals surface area contributed by atoms with Crippen LogP contribution in [0.1, 0.15) is 52.4 Å². The number of unbranched alkanes of at least 4 members (excludes halogenated alkanes) is 1. The molecule has 0 bridgehead atoms. The lowest BCUT2D eigenvalue weighted by molar-refractivity contribution is 0.238. The molecule has 1 N–H and O–H groups in total. The summed E-state index contributed by atoms with van der Waals surface area (Å²) >= 11 is 0. The molecule has 1 atom stereocenters. The average molecular weight is 265 g/mol. The molecule has 5 heteroatoms. The summed E-state index contributed by atoms with van der Waals surface area (Å²) in [5.74, 6) is 0. The molecule has 104 valence electrons. The highest BCUT2D eigenvalue weighted by atomic mass is 32.2. The van der Waals surface area contributed by atoms with Gasteiger partial charge in [-0.05, 0) is 38.8 Å². The Balaban J connectivity index is 0.000000437. The molecule has 0 aromatic rings. The Bertz CT molecular complexity index is 269. The minimum atomic E-state index is -3.67. The Labute approximate surface area is 106 Å². The van der Waals surface area contributed by atoms with Gasteiger partial charge in [-0.3, -0.25) is 4.55 Å². The van der Waals surface area contributed by atoms with Crippen LogP contribution in [-0.4, -0.2) is 43.3 Å². The average Bonchev–Trinajstić information content (AvgIpc) is 2.60. The second kappa shape index (κ2) is 8.89. The molecule has 0 amide bonds. The number of nitrogens with zero attached hydrogens (tertiary/aromatic N) is 1. The molecule has 1 aliphatic heterocycles. The Hall–Kier alpha value is -0.130. The van der Waals surface area contributed by atoms with Crippen LogP contribution in [-0.2, 0) is 10.1 Å². The molecule has 0 aromatic carbocycles. The summed E-state index contributed by atoms with van der Waals surface area (Å²) in [6.45, 7) is 7.30. The molecule has 0 spiro atoms. The second-order valence-corrected chi connectivity index (χ2v) is 6.17. The number of hydrogen-bond donors (Lipinski definition) is 1. The van der Waals surface area contributed by atoms with Crippen LogP contribution < -0.4 is 0 Å². The lowest BCUT2D eigenvalue weighted by Gasteiger charge is -2.23. The normalized spacial score (nSPS) is 21.1. The predicted molar refractivity (Wildman–Crippen MR) is 71.9 cm³/mol. The van der Waals surface area contributed by atoms with E-state index in [2.05, 4.69) is 18.7 Å². The van der Waals surface area contributed by atoms with Gasteiger partial charge in [0, 0.05) is 6.04 Å². The van der Waals surface area contributed by atoms with Crippen LogP contribution in [0.5, 0.6) is 0 Å². The van der Waals surface area contributed by atoms with Crippen molar-refractivity contribution in [3.05, 3.63) is 0 Å². The van der Waals surface area contributed by atoms with E-state index in [-0.39, 0.29) is 0 Å². The molecule has 0 aromatic heterocycles. The maximum atomic E-state index is 9.19. The quantitative estimate of drug-likeness (QED) is 0.776. The first-order valence-electron chi connectivity index (χ1n) is 6.55. The molecular formula is C12H27NO3S. The third-order valence-electron chi connectivity index (χ3n) is 2.92. The summed E-state index contributed by atoms with van der Waals surface area (Å²) in [5.41, 5.74) is 0. The molecule has 1 aliphatic rings. The predicted octanol–water partition coefficient (Wildman–Crippen LogP) is 2.56. The summed E-state index contributed by atoms with van der Waals surface area (Å²) in [6, 6.07) is 0.932. The molecule has 1 rings (SSSR count). The number of likely N-dealkylation sites (tertiary alicyclic amines) is 1. The molecular weight excluding hydrogens is 238 g/mol. The van der Waals surface area contributed by atoms with E-state index in [4.69, 9.17) is 4.55 Å². The van der Waals surface area contributed by atoms with E-state index in [0.717, 1.165) is 6.04 Å². The van der Waals surface area contributed by atoms with E-state index in [9.17, 15) is 8.42 Å². The van der Waals surface area contributed by atoms with E-state index in [1.54, 1.807) is 0 Å². The number of rotatable bonds is 5. The smallest absolute Gasteiger partial charge is 0.261 e. The van der Waals surface area contributed by atoms with Gasteiger partial charge in [-0.2, -0.15) is 8.42 Å². The fraction of sp³-hybridized carbons (Fsp3) is 1.00. The minimum absolute atomic E-state index is 0.715. The summed E-state index contributed by atoms with van der Waals surface area (Å²) < 4.78 is 25.9. The van der Waals surface area contributed by atoms with Crippen molar-refractivity contribution >= 4 is 10.1 Å². The van der Waals surface area contributed by atoms with Gasteiger partial charge in [-0.15, -0.1) is 0 Å². The highest BCUT2D eigenvalue weighted by Gasteiger charge is 2.22. The van der Waals surface area contributed by atoms with E-state index in [1.807, 2.05) is 0 Å². The van der Waals surface area contributed by atoms with Crippen LogP contribution in [0.15, 0.2) is 0 Å². The lowest BCUT2D eigenvalue weighted by atomic mass is 10.1. The van der Waals surface area contributed by atoms with Gasteiger partial charge in [0.25, 0.3) is 10.1 Å². The summed E-state index contributed by atoms with van der Waals surface area (Å²) in [7, 11) is -3.67. The Morgan fingerprint density at radius 1 is 1.29 bits per heavy atom. The van der Waals surface area contributed by atoms with Gasteiger partial charge in [0.1, 0.15) is 0 Å². The van der Waals surface area contributed by atoms with Gasteiger partial charge in [-0.1, -0.05) is 26.7 Å². The topological polar surface area (TPSA) is 57.6 Å². The van der Waals surface area contributed by atoms with Crippen LogP contribution in [0.4, 0.5) is 0 Å². The molecule has 1 saturated heterocycles. The first-order valence-corrected chi connectivity index (χ1v) is 8.39. The zero-order valence-corrected chi connectivity index (χ0v) is 12.2.